The minimum absolute atomic E-state index is 0.289. The van der Waals surface area contributed by atoms with Crippen LogP contribution < -0.4 is 4.74 Å². The molecule has 0 aliphatic heterocycles. The van der Waals surface area contributed by atoms with Crippen molar-refractivity contribution >= 4 is 5.97 Å². The lowest BCUT2D eigenvalue weighted by Crippen LogP contribution is -2.46. The molecule has 0 unspecified atom stereocenters. The maximum absolute atomic E-state index is 12.2. The van der Waals surface area contributed by atoms with Crippen molar-refractivity contribution < 1.29 is 41.0 Å². The summed E-state index contributed by atoms with van der Waals surface area (Å²) in [6, 6.07) is 3.10. The number of hydrogen-bond acceptors (Lipinski definition) is 2. The Hall–Kier alpha value is -1.93. The fourth-order valence-electron chi connectivity index (χ4n) is 1.13. The molecule has 0 saturated carbocycles. The monoisotopic (exact) mass is 288 g/mol. The zero-order valence-electron chi connectivity index (χ0n) is 8.92. The molecule has 106 valence electrons. The fraction of sp³-hybridized carbons (Fsp3) is 0.300. The Bertz CT molecular complexity index is 434. The molecule has 0 atom stereocenters. The molecule has 1 aromatic rings. The molecule has 0 bridgehead atoms. The third-order valence-corrected chi connectivity index (χ3v) is 1.95. The summed E-state index contributed by atoms with van der Waals surface area (Å²) in [6.45, 7) is 0. The first-order chi connectivity index (χ1) is 8.51. The van der Waals surface area contributed by atoms with Gasteiger partial charge in [0.15, 0.2) is 0 Å². The minimum atomic E-state index is -5.62. The van der Waals surface area contributed by atoms with Gasteiger partial charge < -0.3 is 9.84 Å². The molecule has 1 rings (SSSR count). The summed E-state index contributed by atoms with van der Waals surface area (Å²) in [5.74, 6) is -2.10. The summed E-state index contributed by atoms with van der Waals surface area (Å²) in [5.41, 5.74) is -0.289. The molecule has 0 fully saturated rings. The highest BCUT2D eigenvalue weighted by Gasteiger charge is 2.59. The van der Waals surface area contributed by atoms with Gasteiger partial charge in [0.2, 0.25) is 0 Å². The van der Waals surface area contributed by atoms with Gasteiger partial charge >= 0.3 is 18.3 Å². The normalized spacial score (nSPS) is 12.6. The van der Waals surface area contributed by atoms with E-state index in [2.05, 4.69) is 4.74 Å². The van der Waals surface area contributed by atoms with Crippen LogP contribution in [0.25, 0.3) is 0 Å². The number of benzene rings is 1. The molecule has 0 spiro atoms. The third kappa shape index (κ3) is 4.04. The summed E-state index contributed by atoms with van der Waals surface area (Å²) in [4.78, 5) is 10.5. The number of carboxylic acid groups (broad SMARTS) is 1. The maximum Gasteiger partial charge on any atom is 0.434 e. The van der Waals surface area contributed by atoms with Gasteiger partial charge in [-0.15, -0.1) is 0 Å². The van der Waals surface area contributed by atoms with Crippen molar-refractivity contribution in [3.8, 4) is 5.75 Å². The van der Waals surface area contributed by atoms with Crippen molar-refractivity contribution in [2.24, 2.45) is 0 Å². The lowest BCUT2D eigenvalue weighted by atomic mass is 10.2. The van der Waals surface area contributed by atoms with Crippen molar-refractivity contribution in [2.75, 3.05) is 0 Å². The minimum Gasteiger partial charge on any atom is -0.478 e. The Kier molecular flexibility index (Phi) is 3.97. The quantitative estimate of drug-likeness (QED) is 0.868. The van der Waals surface area contributed by atoms with Crippen LogP contribution in [0.3, 0.4) is 0 Å². The number of rotatable bonds is 3. The Labute approximate surface area is 102 Å². The van der Waals surface area contributed by atoms with Crippen molar-refractivity contribution in [3.05, 3.63) is 29.8 Å². The average Bonchev–Trinajstić information content (AvgIpc) is 2.23. The molecular weight excluding hydrogens is 282 g/mol. The Balaban J connectivity index is 2.95. The Morgan fingerprint density at radius 1 is 1.00 bits per heavy atom. The van der Waals surface area contributed by atoms with Crippen LogP contribution >= 0.6 is 0 Å². The lowest BCUT2D eigenvalue weighted by molar-refractivity contribution is -0.299. The molecule has 0 amide bonds. The molecular formula is C10H6F6O3. The van der Waals surface area contributed by atoms with Gasteiger partial charge in [-0.2, -0.15) is 26.3 Å². The topological polar surface area (TPSA) is 46.5 Å². The van der Waals surface area contributed by atoms with E-state index in [4.69, 9.17) is 5.11 Å². The third-order valence-electron chi connectivity index (χ3n) is 1.95. The van der Waals surface area contributed by atoms with Crippen LogP contribution in [-0.2, 0) is 0 Å². The smallest absolute Gasteiger partial charge is 0.434 e. The SMILES string of the molecule is O=C(O)c1ccc(OC(C(F)(F)F)C(F)(F)F)cc1. The van der Waals surface area contributed by atoms with Gasteiger partial charge in [-0.05, 0) is 24.3 Å². The molecule has 9 heteroatoms. The second-order valence-corrected chi connectivity index (χ2v) is 3.41. The van der Waals surface area contributed by atoms with Crippen molar-refractivity contribution in [3.63, 3.8) is 0 Å². The summed E-state index contributed by atoms with van der Waals surface area (Å²) < 4.78 is 76.9. The van der Waals surface area contributed by atoms with Gasteiger partial charge in [-0.1, -0.05) is 0 Å². The molecule has 1 aromatic carbocycles. The Morgan fingerprint density at radius 2 is 1.42 bits per heavy atom. The van der Waals surface area contributed by atoms with Crippen molar-refractivity contribution in [2.45, 2.75) is 18.5 Å². The number of hydrogen-bond donors (Lipinski definition) is 1. The van der Waals surface area contributed by atoms with E-state index in [1.807, 2.05) is 0 Å². The number of alkyl halides is 6. The highest BCUT2D eigenvalue weighted by molar-refractivity contribution is 5.87. The van der Waals surface area contributed by atoms with Gasteiger partial charge in [0.1, 0.15) is 5.75 Å². The van der Waals surface area contributed by atoms with Gasteiger partial charge in [0.05, 0.1) is 5.56 Å². The molecule has 1 N–H and O–H groups in total. The Morgan fingerprint density at radius 3 is 1.74 bits per heavy atom. The molecule has 0 aromatic heterocycles. The van der Waals surface area contributed by atoms with E-state index in [9.17, 15) is 31.1 Å². The summed E-state index contributed by atoms with van der Waals surface area (Å²) >= 11 is 0. The number of ether oxygens (including phenoxy) is 1. The van der Waals surface area contributed by atoms with Crippen LogP contribution in [0.2, 0.25) is 0 Å². The van der Waals surface area contributed by atoms with Gasteiger partial charge in [0, 0.05) is 0 Å². The van der Waals surface area contributed by atoms with Crippen LogP contribution in [0.4, 0.5) is 26.3 Å². The highest BCUT2D eigenvalue weighted by atomic mass is 19.4. The number of aromatic carboxylic acids is 1. The van der Waals surface area contributed by atoms with E-state index >= 15 is 0 Å². The molecule has 0 heterocycles. The predicted molar refractivity (Wildman–Crippen MR) is 49.9 cm³/mol. The number of carboxylic acids is 1. The van der Waals surface area contributed by atoms with E-state index in [0.717, 1.165) is 12.1 Å². The van der Waals surface area contributed by atoms with Crippen LogP contribution in [0.1, 0.15) is 10.4 Å². The van der Waals surface area contributed by atoms with E-state index < -0.39 is 30.2 Å². The van der Waals surface area contributed by atoms with Crippen molar-refractivity contribution in [1.29, 1.82) is 0 Å². The second kappa shape index (κ2) is 4.98. The largest absolute Gasteiger partial charge is 0.478 e. The lowest BCUT2D eigenvalue weighted by Gasteiger charge is -2.23. The zero-order chi connectivity index (χ0) is 14.8. The molecule has 0 aliphatic carbocycles. The molecule has 0 radical (unpaired) electrons. The molecule has 3 nitrogen and oxygen atoms in total. The number of carbonyl (C=O) groups is 1. The maximum atomic E-state index is 12.2. The standard InChI is InChI=1S/C10H6F6O3/c11-9(12,13)8(10(14,15)16)19-6-3-1-5(2-4-6)7(17)18/h1-4,8H,(H,17,18). The molecule has 19 heavy (non-hydrogen) atoms. The second-order valence-electron chi connectivity index (χ2n) is 3.41. The molecule has 0 saturated heterocycles. The number of halogens is 6. The predicted octanol–water partition coefficient (Wildman–Crippen LogP) is 3.26. The highest BCUT2D eigenvalue weighted by Crippen LogP contribution is 2.36. The van der Waals surface area contributed by atoms with Crippen LogP contribution in [0.15, 0.2) is 24.3 Å². The van der Waals surface area contributed by atoms with Crippen LogP contribution in [0, 0.1) is 0 Å². The van der Waals surface area contributed by atoms with Gasteiger partial charge in [-0.3, -0.25) is 0 Å². The van der Waals surface area contributed by atoms with Gasteiger partial charge in [0.25, 0.3) is 6.10 Å². The zero-order valence-corrected chi connectivity index (χ0v) is 8.92. The van der Waals surface area contributed by atoms with E-state index in [1.54, 1.807) is 0 Å². The van der Waals surface area contributed by atoms with E-state index in [0.29, 0.717) is 12.1 Å². The first-order valence-electron chi connectivity index (χ1n) is 4.65. The van der Waals surface area contributed by atoms with Crippen LogP contribution in [0.5, 0.6) is 5.75 Å². The average molecular weight is 288 g/mol. The van der Waals surface area contributed by atoms with Crippen molar-refractivity contribution in [1.82, 2.24) is 0 Å². The van der Waals surface area contributed by atoms with E-state index in [-0.39, 0.29) is 5.56 Å². The van der Waals surface area contributed by atoms with Gasteiger partial charge in [-0.25, -0.2) is 4.79 Å². The van der Waals surface area contributed by atoms with E-state index in [1.165, 1.54) is 0 Å². The first-order valence-corrected chi connectivity index (χ1v) is 4.65. The summed E-state index contributed by atoms with van der Waals surface area (Å²) in [7, 11) is 0. The molecule has 0 aliphatic rings. The van der Waals surface area contributed by atoms with Crippen LogP contribution in [-0.4, -0.2) is 29.5 Å². The fourth-order valence-corrected chi connectivity index (χ4v) is 1.13. The first kappa shape index (κ1) is 15.1. The summed E-state index contributed by atoms with van der Waals surface area (Å²) in [5, 5.41) is 8.52. The summed E-state index contributed by atoms with van der Waals surface area (Å²) in [6.07, 6.45) is -15.2.